The lowest BCUT2D eigenvalue weighted by atomic mass is 10.0. The van der Waals surface area contributed by atoms with Gasteiger partial charge in [0.25, 0.3) is 5.91 Å². The van der Waals surface area contributed by atoms with Crippen LogP contribution in [-0.2, 0) is 9.84 Å². The minimum atomic E-state index is -3.36. The highest BCUT2D eigenvalue weighted by atomic mass is 35.5. The normalized spacial score (nSPS) is 11.5. The smallest absolute Gasteiger partial charge is 0.257 e. The third kappa shape index (κ3) is 4.33. The fourth-order valence-corrected chi connectivity index (χ4v) is 3.06. The molecule has 0 spiro atoms. The van der Waals surface area contributed by atoms with Crippen LogP contribution in [0.5, 0.6) is 0 Å². The van der Waals surface area contributed by atoms with Crippen LogP contribution in [0.1, 0.15) is 35.7 Å². The molecule has 23 heavy (non-hydrogen) atoms. The monoisotopic (exact) mass is 351 g/mol. The van der Waals surface area contributed by atoms with E-state index < -0.39 is 9.84 Å². The van der Waals surface area contributed by atoms with Gasteiger partial charge in [0.15, 0.2) is 9.84 Å². The van der Waals surface area contributed by atoms with Crippen molar-refractivity contribution in [1.82, 2.24) is 0 Å². The van der Waals surface area contributed by atoms with Crippen LogP contribution in [0.15, 0.2) is 47.4 Å². The quantitative estimate of drug-likeness (QED) is 0.901. The van der Waals surface area contributed by atoms with Crippen molar-refractivity contribution in [2.24, 2.45) is 0 Å². The zero-order valence-electron chi connectivity index (χ0n) is 13.1. The van der Waals surface area contributed by atoms with Crippen molar-refractivity contribution in [3.05, 3.63) is 58.6 Å². The maximum absolute atomic E-state index is 12.3. The van der Waals surface area contributed by atoms with Crippen molar-refractivity contribution < 1.29 is 13.2 Å². The highest BCUT2D eigenvalue weighted by Gasteiger charge is 2.15. The number of benzene rings is 2. The molecular formula is C17H18ClNO3S. The second kappa shape index (κ2) is 6.72. The Bertz CT molecular complexity index is 845. The van der Waals surface area contributed by atoms with E-state index in [1.165, 1.54) is 18.2 Å². The molecule has 0 aliphatic carbocycles. The number of halogens is 1. The van der Waals surface area contributed by atoms with Crippen molar-refractivity contribution in [2.45, 2.75) is 24.7 Å². The molecular weight excluding hydrogens is 334 g/mol. The molecule has 2 aromatic carbocycles. The van der Waals surface area contributed by atoms with Crippen LogP contribution in [0.25, 0.3) is 0 Å². The van der Waals surface area contributed by atoms with E-state index in [-0.39, 0.29) is 21.4 Å². The summed E-state index contributed by atoms with van der Waals surface area (Å²) in [5.41, 5.74) is 2.01. The molecule has 0 aliphatic rings. The third-order valence-corrected chi connectivity index (χ3v) is 4.85. The lowest BCUT2D eigenvalue weighted by molar-refractivity contribution is 0.102. The lowest BCUT2D eigenvalue weighted by Crippen LogP contribution is -2.13. The Hall–Kier alpha value is -1.85. The third-order valence-electron chi connectivity index (χ3n) is 3.42. The average molecular weight is 352 g/mol. The summed E-state index contributed by atoms with van der Waals surface area (Å²) < 4.78 is 23.0. The Labute approximate surface area is 141 Å². The zero-order valence-corrected chi connectivity index (χ0v) is 14.7. The Morgan fingerprint density at radius 3 is 2.39 bits per heavy atom. The highest BCUT2D eigenvalue weighted by Crippen LogP contribution is 2.23. The summed E-state index contributed by atoms with van der Waals surface area (Å²) in [6.07, 6.45) is 1.09. The van der Waals surface area contributed by atoms with Crippen molar-refractivity contribution >= 4 is 33.0 Å². The Morgan fingerprint density at radius 2 is 1.83 bits per heavy atom. The molecule has 0 atom stereocenters. The molecule has 0 aliphatic heterocycles. The summed E-state index contributed by atoms with van der Waals surface area (Å²) in [5, 5.41) is 2.88. The highest BCUT2D eigenvalue weighted by molar-refractivity contribution is 7.90. The van der Waals surface area contributed by atoms with Crippen molar-refractivity contribution in [3.63, 3.8) is 0 Å². The predicted octanol–water partition coefficient (Wildman–Crippen LogP) is 4.12. The van der Waals surface area contributed by atoms with E-state index in [1.54, 1.807) is 6.07 Å². The molecule has 122 valence electrons. The van der Waals surface area contributed by atoms with Gasteiger partial charge >= 0.3 is 0 Å². The van der Waals surface area contributed by atoms with Gasteiger partial charge in [0.1, 0.15) is 0 Å². The Balaban J connectivity index is 2.26. The van der Waals surface area contributed by atoms with Gasteiger partial charge in [-0.25, -0.2) is 8.42 Å². The summed E-state index contributed by atoms with van der Waals surface area (Å²) in [6, 6.07) is 11.6. The van der Waals surface area contributed by atoms with Gasteiger partial charge in [-0.1, -0.05) is 37.6 Å². The topological polar surface area (TPSA) is 63.2 Å². The first-order valence-electron chi connectivity index (χ1n) is 7.09. The number of rotatable bonds is 4. The molecule has 0 bridgehead atoms. The molecule has 1 N–H and O–H groups in total. The minimum absolute atomic E-state index is 0.0841. The summed E-state index contributed by atoms with van der Waals surface area (Å²) in [6.45, 7) is 4.14. The van der Waals surface area contributed by atoms with Gasteiger partial charge in [-0.05, 0) is 41.8 Å². The molecule has 0 heterocycles. The van der Waals surface area contributed by atoms with Crippen molar-refractivity contribution in [1.29, 1.82) is 0 Å². The van der Waals surface area contributed by atoms with E-state index in [9.17, 15) is 13.2 Å². The van der Waals surface area contributed by atoms with E-state index in [0.717, 1.165) is 11.8 Å². The second-order valence-corrected chi connectivity index (χ2v) is 8.07. The number of hydrogen-bond donors (Lipinski definition) is 1. The maximum atomic E-state index is 12.3. The fraction of sp³-hybridized carbons (Fsp3) is 0.235. The number of anilines is 1. The van der Waals surface area contributed by atoms with Gasteiger partial charge in [0, 0.05) is 11.9 Å². The molecule has 0 saturated carbocycles. The van der Waals surface area contributed by atoms with Crippen LogP contribution in [-0.4, -0.2) is 20.6 Å². The standard InChI is InChI=1S/C17H18ClNO3S/c1-11(2)12-5-4-6-13(9-12)19-17(20)15-8-7-14(10-16(15)18)23(3,21)22/h4-11H,1-3H3,(H,19,20). The molecule has 0 fully saturated rings. The molecule has 0 saturated heterocycles. The van der Waals surface area contributed by atoms with Crippen LogP contribution in [0, 0.1) is 0 Å². The number of carbonyl (C=O) groups is 1. The minimum Gasteiger partial charge on any atom is -0.322 e. The predicted molar refractivity (Wildman–Crippen MR) is 93.0 cm³/mol. The van der Waals surface area contributed by atoms with Crippen LogP contribution in [0.3, 0.4) is 0 Å². The largest absolute Gasteiger partial charge is 0.322 e. The molecule has 6 heteroatoms. The van der Waals surface area contributed by atoms with Gasteiger partial charge in [-0.3, -0.25) is 4.79 Å². The molecule has 1 amide bonds. The maximum Gasteiger partial charge on any atom is 0.257 e. The Morgan fingerprint density at radius 1 is 1.13 bits per heavy atom. The van der Waals surface area contributed by atoms with Gasteiger partial charge < -0.3 is 5.32 Å². The number of carbonyl (C=O) groups excluding carboxylic acids is 1. The van der Waals surface area contributed by atoms with Gasteiger partial charge in [0.05, 0.1) is 15.5 Å². The SMILES string of the molecule is CC(C)c1cccc(NC(=O)c2ccc(S(C)(=O)=O)cc2Cl)c1. The first-order valence-corrected chi connectivity index (χ1v) is 9.36. The lowest BCUT2D eigenvalue weighted by Gasteiger charge is -2.11. The Kier molecular flexibility index (Phi) is 5.12. The molecule has 2 rings (SSSR count). The summed E-state index contributed by atoms with van der Waals surface area (Å²) in [7, 11) is -3.36. The van der Waals surface area contributed by atoms with Gasteiger partial charge in [0.2, 0.25) is 0 Å². The molecule has 0 unspecified atom stereocenters. The first-order chi connectivity index (χ1) is 10.7. The number of sulfone groups is 1. The fourth-order valence-electron chi connectivity index (χ4n) is 2.08. The first kappa shape index (κ1) is 17.5. The van der Waals surface area contributed by atoms with Gasteiger partial charge in [-0.15, -0.1) is 0 Å². The van der Waals surface area contributed by atoms with Crippen LogP contribution in [0.4, 0.5) is 5.69 Å². The molecule has 4 nitrogen and oxygen atoms in total. The second-order valence-electron chi connectivity index (χ2n) is 5.65. The van der Waals surface area contributed by atoms with E-state index in [0.29, 0.717) is 11.6 Å². The van der Waals surface area contributed by atoms with E-state index >= 15 is 0 Å². The molecule has 0 radical (unpaired) electrons. The number of amides is 1. The van der Waals surface area contributed by atoms with Gasteiger partial charge in [-0.2, -0.15) is 0 Å². The summed E-state index contributed by atoms with van der Waals surface area (Å²) >= 11 is 6.05. The van der Waals surface area contributed by atoms with E-state index in [4.69, 9.17) is 11.6 Å². The summed E-state index contributed by atoms with van der Waals surface area (Å²) in [4.78, 5) is 12.4. The summed E-state index contributed by atoms with van der Waals surface area (Å²) in [5.74, 6) is -0.0274. The zero-order chi connectivity index (χ0) is 17.2. The van der Waals surface area contributed by atoms with Crippen molar-refractivity contribution in [3.8, 4) is 0 Å². The van der Waals surface area contributed by atoms with Crippen LogP contribution in [0.2, 0.25) is 5.02 Å². The van der Waals surface area contributed by atoms with Crippen LogP contribution < -0.4 is 5.32 Å². The van der Waals surface area contributed by atoms with E-state index in [1.807, 2.05) is 18.2 Å². The number of hydrogen-bond acceptors (Lipinski definition) is 3. The van der Waals surface area contributed by atoms with Crippen LogP contribution >= 0.6 is 11.6 Å². The molecule has 0 aromatic heterocycles. The molecule has 2 aromatic rings. The van der Waals surface area contributed by atoms with Crippen molar-refractivity contribution in [2.75, 3.05) is 11.6 Å². The number of nitrogens with one attached hydrogen (secondary N) is 1. The average Bonchev–Trinajstić information content (AvgIpc) is 2.46. The van der Waals surface area contributed by atoms with E-state index in [2.05, 4.69) is 19.2 Å².